The van der Waals surface area contributed by atoms with Crippen LogP contribution in [0.25, 0.3) is 0 Å². The largest absolute Gasteiger partial charge is 0.361 e. The molecule has 4 heteroatoms. The monoisotopic (exact) mass is 259 g/mol. The van der Waals surface area contributed by atoms with Crippen LogP contribution < -0.4 is 0 Å². The van der Waals surface area contributed by atoms with Gasteiger partial charge >= 0.3 is 0 Å². The molecule has 1 unspecified atom stereocenters. The summed E-state index contributed by atoms with van der Waals surface area (Å²) >= 11 is 5.67. The number of nitrogens with zero attached hydrogens (tertiary/aromatic N) is 1. The predicted molar refractivity (Wildman–Crippen MR) is 69.8 cm³/mol. The first-order valence-corrected chi connectivity index (χ1v) is 6.79. The van der Waals surface area contributed by atoms with E-state index in [1.807, 2.05) is 6.92 Å². The molecule has 0 fully saturated rings. The van der Waals surface area contributed by atoms with E-state index >= 15 is 0 Å². The topological polar surface area (TPSA) is 29.5 Å². The lowest BCUT2D eigenvalue weighted by molar-refractivity contribution is -0.131. The van der Waals surface area contributed by atoms with Crippen LogP contribution in [-0.4, -0.2) is 30.0 Å². The van der Waals surface area contributed by atoms with Crippen molar-refractivity contribution < 1.29 is 9.53 Å². The van der Waals surface area contributed by atoms with Crippen LogP contribution in [0.5, 0.6) is 0 Å². The molecule has 3 nitrogen and oxygen atoms in total. The summed E-state index contributed by atoms with van der Waals surface area (Å²) < 4.78 is 5.38. The summed E-state index contributed by atoms with van der Waals surface area (Å²) in [6, 6.07) is 0. The molecule has 0 bridgehead atoms. The molecule has 0 spiro atoms. The van der Waals surface area contributed by atoms with Gasteiger partial charge in [0.15, 0.2) is 0 Å². The fourth-order valence-corrected chi connectivity index (χ4v) is 2.53. The van der Waals surface area contributed by atoms with Gasteiger partial charge in [0.05, 0.1) is 0 Å². The third-order valence-electron chi connectivity index (χ3n) is 3.22. The highest BCUT2D eigenvalue weighted by atomic mass is 35.5. The number of hydrogen-bond acceptors (Lipinski definition) is 2. The van der Waals surface area contributed by atoms with Crippen molar-refractivity contribution in [2.75, 3.05) is 19.2 Å². The Morgan fingerprint density at radius 2 is 2.29 bits per heavy atom. The Hall–Kier alpha value is -0.540. The zero-order valence-electron chi connectivity index (χ0n) is 11.0. The van der Waals surface area contributed by atoms with E-state index in [2.05, 4.69) is 13.8 Å². The molecule has 0 saturated heterocycles. The van der Waals surface area contributed by atoms with E-state index in [1.54, 1.807) is 4.90 Å². The van der Waals surface area contributed by atoms with Crippen molar-refractivity contribution in [3.63, 3.8) is 0 Å². The number of halogens is 1. The van der Waals surface area contributed by atoms with Crippen molar-refractivity contribution in [3.8, 4) is 0 Å². The van der Waals surface area contributed by atoms with Gasteiger partial charge in [0.1, 0.15) is 12.6 Å². The Bertz CT molecular complexity index is 302. The molecule has 17 heavy (non-hydrogen) atoms. The number of carbonyl (C=O) groups excluding carboxylic acids is 1. The van der Waals surface area contributed by atoms with Crippen LogP contribution in [0.2, 0.25) is 0 Å². The molecular weight excluding hydrogens is 238 g/mol. The first kappa shape index (κ1) is 14.5. The molecule has 1 aliphatic rings. The summed E-state index contributed by atoms with van der Waals surface area (Å²) in [5, 5.41) is 0. The van der Waals surface area contributed by atoms with Gasteiger partial charge in [-0.2, -0.15) is 0 Å². The summed E-state index contributed by atoms with van der Waals surface area (Å²) in [5.74, 6) is 0.357. The molecule has 0 aromatic heterocycles. The van der Waals surface area contributed by atoms with Crippen LogP contribution in [-0.2, 0) is 9.53 Å². The third-order valence-corrected chi connectivity index (χ3v) is 3.45. The van der Waals surface area contributed by atoms with Gasteiger partial charge in [0, 0.05) is 12.3 Å². The first-order chi connectivity index (χ1) is 8.11. The van der Waals surface area contributed by atoms with Crippen LogP contribution in [0.15, 0.2) is 11.3 Å². The third kappa shape index (κ3) is 3.71. The lowest BCUT2D eigenvalue weighted by Gasteiger charge is -2.33. The molecule has 0 saturated carbocycles. The quantitative estimate of drug-likeness (QED) is 0.561. The number of rotatable bonds is 5. The Morgan fingerprint density at radius 1 is 1.59 bits per heavy atom. The Kier molecular flexibility index (Phi) is 6.00. The van der Waals surface area contributed by atoms with Crippen LogP contribution in [0, 0.1) is 5.92 Å². The Labute approximate surface area is 109 Å². The van der Waals surface area contributed by atoms with Crippen LogP contribution in [0.4, 0.5) is 0 Å². The zero-order chi connectivity index (χ0) is 12.8. The van der Waals surface area contributed by atoms with Gasteiger partial charge in [-0.3, -0.25) is 9.69 Å². The Balaban J connectivity index is 2.90. The number of amides is 1. The molecule has 0 aromatic carbocycles. The van der Waals surface area contributed by atoms with Crippen molar-refractivity contribution in [1.29, 1.82) is 0 Å². The summed E-state index contributed by atoms with van der Waals surface area (Å²) in [7, 11) is 0. The first-order valence-electron chi connectivity index (χ1n) is 6.25. The highest BCUT2D eigenvalue weighted by Crippen LogP contribution is 2.32. The number of allylic oxidation sites excluding steroid dienone is 2. The number of alkyl halides is 1. The maximum absolute atomic E-state index is 11.9. The lowest BCUT2D eigenvalue weighted by Crippen LogP contribution is -2.37. The second-order valence-corrected chi connectivity index (χ2v) is 4.80. The Morgan fingerprint density at radius 3 is 2.82 bits per heavy atom. The van der Waals surface area contributed by atoms with E-state index < -0.39 is 0 Å². The molecule has 1 amide bonds. The molecule has 0 radical (unpaired) electrons. The second-order valence-electron chi connectivity index (χ2n) is 4.54. The molecular formula is C13H22ClNO2. The molecule has 98 valence electrons. The highest BCUT2D eigenvalue weighted by molar-refractivity contribution is 6.27. The van der Waals surface area contributed by atoms with Gasteiger partial charge in [-0.05, 0) is 39.0 Å². The minimum absolute atomic E-state index is 0.0105. The van der Waals surface area contributed by atoms with Gasteiger partial charge in [-0.1, -0.05) is 12.5 Å². The maximum atomic E-state index is 11.9. The number of ether oxygens (including phenoxy) is 1. The average molecular weight is 260 g/mol. The minimum Gasteiger partial charge on any atom is -0.361 e. The number of hydrogen-bond donors (Lipinski definition) is 0. The van der Waals surface area contributed by atoms with Crippen LogP contribution in [0.1, 0.15) is 40.0 Å². The van der Waals surface area contributed by atoms with E-state index in [9.17, 15) is 4.79 Å². The van der Waals surface area contributed by atoms with Gasteiger partial charge in [-0.15, -0.1) is 11.6 Å². The smallest absolute Gasteiger partial charge is 0.243 e. The van der Waals surface area contributed by atoms with Gasteiger partial charge < -0.3 is 4.74 Å². The van der Waals surface area contributed by atoms with E-state index in [0.29, 0.717) is 19.3 Å². The summed E-state index contributed by atoms with van der Waals surface area (Å²) in [6.45, 7) is 7.12. The van der Waals surface area contributed by atoms with Crippen molar-refractivity contribution in [2.24, 2.45) is 5.92 Å². The van der Waals surface area contributed by atoms with Crippen molar-refractivity contribution >= 4 is 17.5 Å². The molecule has 1 rings (SSSR count). The van der Waals surface area contributed by atoms with Gasteiger partial charge in [0.2, 0.25) is 5.91 Å². The minimum atomic E-state index is -0.0665. The van der Waals surface area contributed by atoms with E-state index in [1.165, 1.54) is 12.0 Å². The molecule has 0 N–H and O–H groups in total. The van der Waals surface area contributed by atoms with Crippen molar-refractivity contribution in [3.05, 3.63) is 11.3 Å². The van der Waals surface area contributed by atoms with Gasteiger partial charge in [-0.25, -0.2) is 0 Å². The van der Waals surface area contributed by atoms with Crippen LogP contribution >= 0.6 is 11.6 Å². The molecule has 0 aromatic rings. The molecule has 0 aliphatic heterocycles. The summed E-state index contributed by atoms with van der Waals surface area (Å²) in [4.78, 5) is 13.6. The van der Waals surface area contributed by atoms with E-state index in [4.69, 9.17) is 16.3 Å². The SMILES string of the molecule is CCOCN(C(=O)CCl)C1=C(C)CCCC1C. The highest BCUT2D eigenvalue weighted by Gasteiger charge is 2.26. The fourth-order valence-electron chi connectivity index (χ4n) is 2.39. The average Bonchev–Trinajstić information content (AvgIpc) is 2.32. The van der Waals surface area contributed by atoms with E-state index in [0.717, 1.165) is 18.5 Å². The zero-order valence-corrected chi connectivity index (χ0v) is 11.7. The van der Waals surface area contributed by atoms with Crippen LogP contribution in [0.3, 0.4) is 0 Å². The molecule has 1 aliphatic carbocycles. The molecule has 0 heterocycles. The summed E-state index contributed by atoms with van der Waals surface area (Å²) in [6.07, 6.45) is 3.40. The van der Waals surface area contributed by atoms with Gasteiger partial charge in [0.25, 0.3) is 0 Å². The van der Waals surface area contributed by atoms with Crippen molar-refractivity contribution in [1.82, 2.24) is 4.90 Å². The number of carbonyl (C=O) groups is 1. The standard InChI is InChI=1S/C13H22ClNO2/c1-4-17-9-15(12(16)8-14)13-10(2)6-5-7-11(13)3/h10H,4-9H2,1-3H3. The van der Waals surface area contributed by atoms with Crippen molar-refractivity contribution in [2.45, 2.75) is 40.0 Å². The second kappa shape index (κ2) is 7.02. The molecule has 1 atom stereocenters. The summed E-state index contributed by atoms with van der Waals surface area (Å²) in [5.41, 5.74) is 2.41. The normalized spacial score (nSPS) is 20.6. The fraction of sp³-hybridized carbons (Fsp3) is 0.769. The van der Waals surface area contributed by atoms with E-state index in [-0.39, 0.29) is 11.8 Å². The predicted octanol–water partition coefficient (Wildman–Crippen LogP) is 3.14. The lowest BCUT2D eigenvalue weighted by atomic mass is 9.88. The maximum Gasteiger partial charge on any atom is 0.243 e.